The zero-order valence-corrected chi connectivity index (χ0v) is 13.1. The second kappa shape index (κ2) is 6.45. The van der Waals surface area contributed by atoms with Gasteiger partial charge in [-0.1, -0.05) is 43.2 Å². The Kier molecular flexibility index (Phi) is 4.87. The number of amides is 1. The van der Waals surface area contributed by atoms with Crippen molar-refractivity contribution >= 4 is 17.5 Å². The smallest absolute Gasteiger partial charge is 0.244 e. The molecule has 2 nitrogen and oxygen atoms in total. The Bertz CT molecular complexity index is 500. The topological polar surface area (TPSA) is 29.1 Å². The molecule has 1 aromatic rings. The third-order valence-electron chi connectivity index (χ3n) is 3.77. The van der Waals surface area contributed by atoms with E-state index in [4.69, 9.17) is 11.6 Å². The number of halogens is 1. The van der Waals surface area contributed by atoms with Crippen LogP contribution < -0.4 is 5.32 Å². The van der Waals surface area contributed by atoms with E-state index in [1.165, 1.54) is 18.4 Å². The Morgan fingerprint density at radius 2 is 1.90 bits per heavy atom. The van der Waals surface area contributed by atoms with Crippen LogP contribution in [0.15, 0.2) is 35.9 Å². The Morgan fingerprint density at radius 1 is 1.30 bits per heavy atom. The molecule has 0 spiro atoms. The first-order valence-electron chi connectivity index (χ1n) is 7.21. The summed E-state index contributed by atoms with van der Waals surface area (Å²) < 4.78 is 0. The van der Waals surface area contributed by atoms with Gasteiger partial charge in [0.2, 0.25) is 5.91 Å². The molecule has 1 fully saturated rings. The number of hydrogen-bond donors (Lipinski definition) is 1. The van der Waals surface area contributed by atoms with Crippen molar-refractivity contribution in [2.45, 2.75) is 39.7 Å². The van der Waals surface area contributed by atoms with Crippen molar-refractivity contribution in [2.24, 2.45) is 11.8 Å². The molecule has 1 amide bonds. The van der Waals surface area contributed by atoms with Crippen LogP contribution in [-0.4, -0.2) is 5.91 Å². The third-order valence-corrected chi connectivity index (χ3v) is 4.03. The van der Waals surface area contributed by atoms with Gasteiger partial charge in [0.15, 0.2) is 0 Å². The van der Waals surface area contributed by atoms with Crippen LogP contribution in [0.25, 0.3) is 0 Å². The Hall–Kier alpha value is -1.28. The second-order valence-electron chi connectivity index (χ2n) is 5.94. The molecule has 2 rings (SSSR count). The van der Waals surface area contributed by atoms with E-state index in [9.17, 15) is 4.79 Å². The summed E-state index contributed by atoms with van der Waals surface area (Å²) in [6.45, 7) is 6.26. The Morgan fingerprint density at radius 3 is 2.40 bits per heavy atom. The number of carbonyl (C=O) groups is 1. The lowest BCUT2D eigenvalue weighted by Crippen LogP contribution is -2.30. The van der Waals surface area contributed by atoms with Crippen LogP contribution in [-0.2, 0) is 4.79 Å². The summed E-state index contributed by atoms with van der Waals surface area (Å²) >= 11 is 5.92. The lowest BCUT2D eigenvalue weighted by atomic mass is 9.96. The molecule has 0 aliphatic heterocycles. The molecule has 0 heterocycles. The van der Waals surface area contributed by atoms with Crippen LogP contribution in [0, 0.1) is 11.8 Å². The molecule has 1 saturated carbocycles. The first-order chi connectivity index (χ1) is 9.47. The van der Waals surface area contributed by atoms with Crippen molar-refractivity contribution in [1.82, 2.24) is 5.32 Å². The van der Waals surface area contributed by atoms with Gasteiger partial charge < -0.3 is 5.32 Å². The van der Waals surface area contributed by atoms with Crippen LogP contribution >= 0.6 is 11.6 Å². The van der Waals surface area contributed by atoms with Crippen LogP contribution in [0.4, 0.5) is 0 Å². The van der Waals surface area contributed by atoms with Gasteiger partial charge in [-0.15, -0.1) is 0 Å². The molecule has 1 N–H and O–H groups in total. The van der Waals surface area contributed by atoms with Gasteiger partial charge in [0.05, 0.1) is 6.04 Å². The summed E-state index contributed by atoms with van der Waals surface area (Å²) in [5.41, 5.74) is 2.29. The summed E-state index contributed by atoms with van der Waals surface area (Å²) in [6, 6.07) is 7.70. The standard InChI is InChI=1S/C17H22ClNO/c1-11(2)17(14-6-8-15(18)9-7-14)19-16(20)10-12(3)13-4-5-13/h6-11,13,17H,4-5H2,1-3H3,(H,19,20). The van der Waals surface area contributed by atoms with Gasteiger partial charge in [-0.2, -0.15) is 0 Å². The van der Waals surface area contributed by atoms with E-state index in [1.54, 1.807) is 6.08 Å². The van der Waals surface area contributed by atoms with Crippen LogP contribution in [0.3, 0.4) is 0 Å². The van der Waals surface area contributed by atoms with Gasteiger partial charge >= 0.3 is 0 Å². The van der Waals surface area contributed by atoms with Crippen LogP contribution in [0.5, 0.6) is 0 Å². The summed E-state index contributed by atoms with van der Waals surface area (Å²) in [5, 5.41) is 3.82. The molecule has 3 heteroatoms. The number of hydrogen-bond acceptors (Lipinski definition) is 1. The molecule has 108 valence electrons. The molecule has 1 aliphatic rings. The van der Waals surface area contributed by atoms with Gasteiger partial charge in [0.1, 0.15) is 0 Å². The summed E-state index contributed by atoms with van der Waals surface area (Å²) in [6.07, 6.45) is 4.20. The molecular weight excluding hydrogens is 270 g/mol. The molecule has 0 radical (unpaired) electrons. The van der Waals surface area contributed by atoms with Gasteiger partial charge in [-0.25, -0.2) is 0 Å². The maximum absolute atomic E-state index is 12.1. The molecule has 1 aliphatic carbocycles. The Labute approximate surface area is 126 Å². The normalized spacial score (nSPS) is 17.1. The zero-order valence-electron chi connectivity index (χ0n) is 12.3. The van der Waals surface area contributed by atoms with Crippen molar-refractivity contribution < 1.29 is 4.79 Å². The third kappa shape index (κ3) is 4.11. The van der Waals surface area contributed by atoms with E-state index in [0.29, 0.717) is 16.9 Å². The average Bonchev–Trinajstić information content (AvgIpc) is 3.21. The molecule has 0 saturated heterocycles. The second-order valence-corrected chi connectivity index (χ2v) is 6.38. The number of allylic oxidation sites excluding steroid dienone is 1. The maximum Gasteiger partial charge on any atom is 0.244 e. The lowest BCUT2D eigenvalue weighted by Gasteiger charge is -2.22. The highest BCUT2D eigenvalue weighted by molar-refractivity contribution is 6.30. The van der Waals surface area contributed by atoms with E-state index >= 15 is 0 Å². The van der Waals surface area contributed by atoms with Crippen molar-refractivity contribution in [3.8, 4) is 0 Å². The fourth-order valence-corrected chi connectivity index (χ4v) is 2.49. The SMILES string of the molecule is CC(=CC(=O)NC(c1ccc(Cl)cc1)C(C)C)C1CC1. The monoisotopic (exact) mass is 291 g/mol. The van der Waals surface area contributed by atoms with Gasteiger partial charge in [-0.05, 0) is 49.3 Å². The highest BCUT2D eigenvalue weighted by Crippen LogP contribution is 2.36. The number of nitrogens with one attached hydrogen (secondary N) is 1. The first-order valence-corrected chi connectivity index (χ1v) is 7.59. The van der Waals surface area contributed by atoms with E-state index in [-0.39, 0.29) is 11.9 Å². The highest BCUT2D eigenvalue weighted by atomic mass is 35.5. The van der Waals surface area contributed by atoms with Crippen molar-refractivity contribution in [3.63, 3.8) is 0 Å². The lowest BCUT2D eigenvalue weighted by molar-refractivity contribution is -0.117. The molecule has 0 bridgehead atoms. The first kappa shape index (κ1) is 15.1. The summed E-state index contributed by atoms with van der Waals surface area (Å²) in [4.78, 5) is 12.1. The van der Waals surface area contributed by atoms with Crippen molar-refractivity contribution in [3.05, 3.63) is 46.5 Å². The van der Waals surface area contributed by atoms with Gasteiger partial charge in [-0.3, -0.25) is 4.79 Å². The van der Waals surface area contributed by atoms with Gasteiger partial charge in [0, 0.05) is 11.1 Å². The Balaban J connectivity index is 2.07. The number of benzene rings is 1. The summed E-state index contributed by atoms with van der Waals surface area (Å²) in [7, 11) is 0. The van der Waals surface area contributed by atoms with Gasteiger partial charge in [0.25, 0.3) is 0 Å². The minimum atomic E-state index is 0.00282. The molecule has 1 aromatic carbocycles. The average molecular weight is 292 g/mol. The molecule has 20 heavy (non-hydrogen) atoms. The fraction of sp³-hybridized carbons (Fsp3) is 0.471. The largest absolute Gasteiger partial charge is 0.345 e. The quantitative estimate of drug-likeness (QED) is 0.795. The molecular formula is C17H22ClNO. The number of carbonyl (C=O) groups excluding carboxylic acids is 1. The predicted molar refractivity (Wildman–Crippen MR) is 83.7 cm³/mol. The van der Waals surface area contributed by atoms with Crippen molar-refractivity contribution in [1.29, 1.82) is 0 Å². The van der Waals surface area contributed by atoms with E-state index in [0.717, 1.165) is 5.56 Å². The molecule has 1 unspecified atom stereocenters. The van der Waals surface area contributed by atoms with E-state index in [1.807, 2.05) is 31.2 Å². The van der Waals surface area contributed by atoms with E-state index in [2.05, 4.69) is 19.2 Å². The predicted octanol–water partition coefficient (Wildman–Crippen LogP) is 4.51. The van der Waals surface area contributed by atoms with Crippen LogP contribution in [0.2, 0.25) is 5.02 Å². The van der Waals surface area contributed by atoms with Crippen LogP contribution in [0.1, 0.15) is 45.2 Å². The fourth-order valence-electron chi connectivity index (χ4n) is 2.36. The minimum absolute atomic E-state index is 0.00282. The molecule has 0 aromatic heterocycles. The highest BCUT2D eigenvalue weighted by Gasteiger charge is 2.24. The number of rotatable bonds is 5. The maximum atomic E-state index is 12.1. The summed E-state index contributed by atoms with van der Waals surface area (Å²) in [5.74, 6) is 0.964. The molecule has 1 atom stereocenters. The van der Waals surface area contributed by atoms with Crippen molar-refractivity contribution in [2.75, 3.05) is 0 Å². The minimum Gasteiger partial charge on any atom is -0.345 e. The van der Waals surface area contributed by atoms with E-state index < -0.39 is 0 Å². The zero-order chi connectivity index (χ0) is 14.7.